The molecule has 0 unspecified atom stereocenters. The van der Waals surface area contributed by atoms with E-state index in [1.165, 1.54) is 6.42 Å². The van der Waals surface area contributed by atoms with Crippen LogP contribution in [-0.4, -0.2) is 23.3 Å². The number of nitrogens with one attached hydrogen (secondary N) is 1. The van der Waals surface area contributed by atoms with Crippen molar-refractivity contribution in [2.24, 2.45) is 11.8 Å². The normalized spacial score (nSPS) is 19.5. The molecule has 2 heterocycles. The van der Waals surface area contributed by atoms with Gasteiger partial charge < -0.3 is 14.6 Å². The molecule has 3 aliphatic rings. The zero-order valence-electron chi connectivity index (χ0n) is 16.1. The highest BCUT2D eigenvalue weighted by Crippen LogP contribution is 2.34. The molecule has 0 spiro atoms. The first kappa shape index (κ1) is 17.5. The van der Waals surface area contributed by atoms with E-state index in [-0.39, 0.29) is 17.7 Å². The van der Waals surface area contributed by atoms with Gasteiger partial charge in [-0.05, 0) is 56.0 Å². The number of anilines is 1. The van der Waals surface area contributed by atoms with Gasteiger partial charge in [0.05, 0.1) is 0 Å². The van der Waals surface area contributed by atoms with Crippen LogP contribution in [0.2, 0.25) is 0 Å². The number of benzene rings is 1. The second-order valence-electron chi connectivity index (χ2n) is 8.39. The lowest BCUT2D eigenvalue weighted by atomic mass is 9.84. The minimum absolute atomic E-state index is 0.128. The van der Waals surface area contributed by atoms with Crippen LogP contribution in [0.25, 0.3) is 11.3 Å². The van der Waals surface area contributed by atoms with Crippen LogP contribution in [0.5, 0.6) is 0 Å². The molecule has 1 N–H and O–H groups in total. The minimum Gasteiger partial charge on any atom is -0.461 e. The quantitative estimate of drug-likeness (QED) is 0.859. The molecule has 5 heteroatoms. The van der Waals surface area contributed by atoms with Crippen molar-refractivity contribution in [3.05, 3.63) is 41.7 Å². The largest absolute Gasteiger partial charge is 0.461 e. The Labute approximate surface area is 165 Å². The highest BCUT2D eigenvalue weighted by molar-refractivity contribution is 5.93. The number of carbonyl (C=O) groups is 2. The third kappa shape index (κ3) is 3.23. The summed E-state index contributed by atoms with van der Waals surface area (Å²) >= 11 is 0. The Morgan fingerprint density at radius 2 is 1.71 bits per heavy atom. The third-order valence-electron chi connectivity index (χ3n) is 6.55. The Morgan fingerprint density at radius 1 is 1.00 bits per heavy atom. The molecule has 1 aromatic carbocycles. The third-order valence-corrected chi connectivity index (χ3v) is 6.55. The smallest absolute Gasteiger partial charge is 0.227 e. The average molecular weight is 378 g/mol. The fourth-order valence-electron chi connectivity index (χ4n) is 4.21. The minimum atomic E-state index is 0.128. The van der Waals surface area contributed by atoms with Crippen LogP contribution < -0.4 is 5.32 Å². The molecule has 146 valence electrons. The Morgan fingerprint density at radius 3 is 2.36 bits per heavy atom. The Hall–Kier alpha value is -2.56. The fraction of sp³-hybridized carbons (Fsp3) is 0.478. The number of rotatable bonds is 4. The first-order valence-corrected chi connectivity index (χ1v) is 10.5. The summed E-state index contributed by atoms with van der Waals surface area (Å²) in [6, 6.07) is 9.90. The molecule has 1 aliphatic heterocycles. The van der Waals surface area contributed by atoms with Gasteiger partial charge in [-0.15, -0.1) is 0 Å². The molecule has 28 heavy (non-hydrogen) atoms. The van der Waals surface area contributed by atoms with Crippen LogP contribution in [0.3, 0.4) is 0 Å². The lowest BCUT2D eigenvalue weighted by Gasteiger charge is -2.33. The van der Waals surface area contributed by atoms with Crippen LogP contribution in [0.15, 0.2) is 34.7 Å². The van der Waals surface area contributed by atoms with Gasteiger partial charge in [0, 0.05) is 48.2 Å². The standard InChI is InChI=1S/C23H26N2O3/c26-22(16-3-1-4-16)24-19-9-7-15(8-10-19)21-13-18-14-25(12-11-20(18)28-21)23(27)17-5-2-6-17/h7-10,13,16-17H,1-6,11-12,14H2,(H,24,26). The van der Waals surface area contributed by atoms with E-state index in [4.69, 9.17) is 4.42 Å². The van der Waals surface area contributed by atoms with Crippen LogP contribution in [-0.2, 0) is 22.6 Å². The van der Waals surface area contributed by atoms with Gasteiger partial charge in [-0.1, -0.05) is 12.8 Å². The second-order valence-corrected chi connectivity index (χ2v) is 8.39. The highest BCUT2D eigenvalue weighted by atomic mass is 16.3. The molecule has 0 atom stereocenters. The maximum absolute atomic E-state index is 12.5. The number of amides is 2. The molecular formula is C23H26N2O3. The highest BCUT2D eigenvalue weighted by Gasteiger charge is 2.32. The summed E-state index contributed by atoms with van der Waals surface area (Å²) in [5, 5.41) is 3.00. The van der Waals surface area contributed by atoms with Crippen molar-refractivity contribution in [2.75, 3.05) is 11.9 Å². The molecule has 2 amide bonds. The molecule has 2 aliphatic carbocycles. The Balaban J connectivity index is 1.26. The summed E-state index contributed by atoms with van der Waals surface area (Å²) in [5.41, 5.74) is 2.94. The van der Waals surface area contributed by atoms with E-state index >= 15 is 0 Å². The van der Waals surface area contributed by atoms with Gasteiger partial charge in [-0.2, -0.15) is 0 Å². The van der Waals surface area contributed by atoms with Crippen molar-refractivity contribution in [2.45, 2.75) is 51.5 Å². The molecule has 1 aromatic heterocycles. The molecule has 0 radical (unpaired) electrons. The van der Waals surface area contributed by atoms with E-state index in [9.17, 15) is 9.59 Å². The first-order chi connectivity index (χ1) is 13.7. The zero-order valence-corrected chi connectivity index (χ0v) is 16.1. The number of furan rings is 1. The average Bonchev–Trinajstić information content (AvgIpc) is 3.02. The monoisotopic (exact) mass is 378 g/mol. The number of fused-ring (bicyclic) bond motifs is 1. The van der Waals surface area contributed by atoms with E-state index < -0.39 is 0 Å². The van der Waals surface area contributed by atoms with Crippen LogP contribution in [0.4, 0.5) is 5.69 Å². The summed E-state index contributed by atoms with van der Waals surface area (Å²) < 4.78 is 6.08. The summed E-state index contributed by atoms with van der Waals surface area (Å²) in [4.78, 5) is 26.6. The van der Waals surface area contributed by atoms with Crippen LogP contribution in [0.1, 0.15) is 49.8 Å². The first-order valence-electron chi connectivity index (χ1n) is 10.5. The maximum atomic E-state index is 12.5. The molecule has 5 rings (SSSR count). The predicted octanol–water partition coefficient (Wildman–Crippen LogP) is 4.37. The Bertz CT molecular complexity index is 891. The number of nitrogens with zero attached hydrogens (tertiary/aromatic N) is 1. The lowest BCUT2D eigenvalue weighted by molar-refractivity contribution is -0.139. The van der Waals surface area contributed by atoms with Gasteiger partial charge in [-0.25, -0.2) is 0 Å². The van der Waals surface area contributed by atoms with Gasteiger partial charge >= 0.3 is 0 Å². The van der Waals surface area contributed by atoms with Gasteiger partial charge in [0.25, 0.3) is 0 Å². The molecule has 0 saturated heterocycles. The van der Waals surface area contributed by atoms with Gasteiger partial charge in [0.2, 0.25) is 11.8 Å². The van der Waals surface area contributed by atoms with Gasteiger partial charge in [0.15, 0.2) is 0 Å². The van der Waals surface area contributed by atoms with E-state index in [1.807, 2.05) is 29.2 Å². The number of hydrogen-bond acceptors (Lipinski definition) is 3. The van der Waals surface area contributed by atoms with Crippen molar-refractivity contribution < 1.29 is 14.0 Å². The lowest BCUT2D eigenvalue weighted by Crippen LogP contribution is -2.41. The van der Waals surface area contributed by atoms with Crippen molar-refractivity contribution in [3.63, 3.8) is 0 Å². The summed E-state index contributed by atoms with van der Waals surface area (Å²) in [7, 11) is 0. The van der Waals surface area contributed by atoms with Crippen molar-refractivity contribution in [1.29, 1.82) is 0 Å². The number of carbonyl (C=O) groups excluding carboxylic acids is 2. The topological polar surface area (TPSA) is 62.6 Å². The molecule has 2 aromatic rings. The van der Waals surface area contributed by atoms with Crippen molar-refractivity contribution in [1.82, 2.24) is 4.90 Å². The van der Waals surface area contributed by atoms with Crippen molar-refractivity contribution >= 4 is 17.5 Å². The molecule has 0 bridgehead atoms. The van der Waals surface area contributed by atoms with Gasteiger partial charge in [0.1, 0.15) is 11.5 Å². The molecular weight excluding hydrogens is 352 g/mol. The SMILES string of the molecule is O=C(Nc1ccc(-c2cc3c(o2)CCN(C(=O)C2CCC2)C3)cc1)C1CCC1. The van der Waals surface area contributed by atoms with Crippen LogP contribution in [0, 0.1) is 11.8 Å². The summed E-state index contributed by atoms with van der Waals surface area (Å²) in [6.45, 7) is 1.41. The van der Waals surface area contributed by atoms with E-state index in [1.54, 1.807) is 0 Å². The number of hydrogen-bond donors (Lipinski definition) is 1. The van der Waals surface area contributed by atoms with Gasteiger partial charge in [-0.3, -0.25) is 9.59 Å². The maximum Gasteiger partial charge on any atom is 0.227 e. The molecule has 2 fully saturated rings. The van der Waals surface area contributed by atoms with Crippen LogP contribution >= 0.6 is 0 Å². The Kier molecular flexibility index (Phi) is 4.46. The molecule has 5 nitrogen and oxygen atoms in total. The van der Waals surface area contributed by atoms with E-state index in [0.29, 0.717) is 12.5 Å². The molecule has 2 saturated carbocycles. The van der Waals surface area contributed by atoms with Crippen molar-refractivity contribution in [3.8, 4) is 11.3 Å². The summed E-state index contributed by atoms with van der Waals surface area (Å²) in [5.74, 6) is 2.70. The zero-order chi connectivity index (χ0) is 19.1. The fourth-order valence-corrected chi connectivity index (χ4v) is 4.21. The van der Waals surface area contributed by atoms with E-state index in [0.717, 1.165) is 73.4 Å². The predicted molar refractivity (Wildman–Crippen MR) is 107 cm³/mol. The van der Waals surface area contributed by atoms with E-state index in [2.05, 4.69) is 11.4 Å². The second kappa shape index (κ2) is 7.12. The summed E-state index contributed by atoms with van der Waals surface area (Å²) in [6.07, 6.45) is 7.21.